The SMILES string of the molecule is CCCCCC#CCOC/C=C\c1ccccc1. The highest BCUT2D eigenvalue weighted by Crippen LogP contribution is 2.00. The minimum Gasteiger partial charge on any atom is -0.365 e. The Morgan fingerprint density at radius 1 is 1.11 bits per heavy atom. The van der Waals surface area contributed by atoms with Crippen molar-refractivity contribution in [3.63, 3.8) is 0 Å². The quantitative estimate of drug-likeness (QED) is 0.511. The van der Waals surface area contributed by atoms with Gasteiger partial charge in [-0.2, -0.15) is 0 Å². The highest BCUT2D eigenvalue weighted by atomic mass is 16.5. The van der Waals surface area contributed by atoms with E-state index in [1.165, 1.54) is 24.8 Å². The van der Waals surface area contributed by atoms with Crippen molar-refractivity contribution < 1.29 is 4.74 Å². The van der Waals surface area contributed by atoms with Crippen molar-refractivity contribution in [2.75, 3.05) is 13.2 Å². The van der Waals surface area contributed by atoms with Gasteiger partial charge >= 0.3 is 0 Å². The Morgan fingerprint density at radius 2 is 1.94 bits per heavy atom. The maximum absolute atomic E-state index is 5.40. The Hall–Kier alpha value is -1.52. The molecule has 18 heavy (non-hydrogen) atoms. The first kappa shape index (κ1) is 14.5. The molecule has 0 N–H and O–H groups in total. The van der Waals surface area contributed by atoms with Crippen molar-refractivity contribution >= 4 is 6.08 Å². The third-order valence-electron chi connectivity index (χ3n) is 2.53. The van der Waals surface area contributed by atoms with Crippen LogP contribution in [0.2, 0.25) is 0 Å². The molecule has 0 fully saturated rings. The maximum atomic E-state index is 5.40. The summed E-state index contributed by atoms with van der Waals surface area (Å²) in [6, 6.07) is 10.2. The molecule has 96 valence electrons. The van der Waals surface area contributed by atoms with Crippen molar-refractivity contribution in [2.45, 2.75) is 32.6 Å². The lowest BCUT2D eigenvalue weighted by Gasteiger charge is -1.94. The van der Waals surface area contributed by atoms with Crippen LogP contribution in [-0.2, 0) is 4.74 Å². The van der Waals surface area contributed by atoms with Gasteiger partial charge in [0.15, 0.2) is 0 Å². The molecule has 0 aromatic heterocycles. The highest BCUT2D eigenvalue weighted by Gasteiger charge is 1.83. The van der Waals surface area contributed by atoms with Gasteiger partial charge in [-0.1, -0.05) is 68.2 Å². The summed E-state index contributed by atoms with van der Waals surface area (Å²) in [5, 5.41) is 0. The van der Waals surface area contributed by atoms with Crippen molar-refractivity contribution in [1.82, 2.24) is 0 Å². The number of hydrogen-bond acceptors (Lipinski definition) is 1. The molecular weight excluding hydrogens is 220 g/mol. The summed E-state index contributed by atoms with van der Waals surface area (Å²) < 4.78 is 5.40. The molecule has 0 amide bonds. The van der Waals surface area contributed by atoms with Crippen molar-refractivity contribution in [3.8, 4) is 11.8 Å². The summed E-state index contributed by atoms with van der Waals surface area (Å²) in [5.74, 6) is 6.17. The smallest absolute Gasteiger partial charge is 0.108 e. The van der Waals surface area contributed by atoms with E-state index in [-0.39, 0.29) is 0 Å². The summed E-state index contributed by atoms with van der Waals surface area (Å²) in [5.41, 5.74) is 1.20. The molecule has 0 radical (unpaired) electrons. The van der Waals surface area contributed by atoms with E-state index in [9.17, 15) is 0 Å². The average Bonchev–Trinajstić information content (AvgIpc) is 2.42. The molecule has 0 aliphatic carbocycles. The third-order valence-corrected chi connectivity index (χ3v) is 2.53. The van der Waals surface area contributed by atoms with E-state index in [1.54, 1.807) is 0 Å². The van der Waals surface area contributed by atoms with E-state index < -0.39 is 0 Å². The van der Waals surface area contributed by atoms with Gasteiger partial charge in [0.05, 0.1) is 6.61 Å². The van der Waals surface area contributed by atoms with Gasteiger partial charge in [0.25, 0.3) is 0 Å². The Morgan fingerprint density at radius 3 is 2.72 bits per heavy atom. The molecule has 0 unspecified atom stereocenters. The highest BCUT2D eigenvalue weighted by molar-refractivity contribution is 5.48. The van der Waals surface area contributed by atoms with E-state index in [0.29, 0.717) is 13.2 Å². The summed E-state index contributed by atoms with van der Waals surface area (Å²) in [6.45, 7) is 3.36. The molecule has 0 saturated heterocycles. The second-order valence-electron chi connectivity index (χ2n) is 4.14. The molecule has 0 saturated carbocycles. The van der Waals surface area contributed by atoms with Crippen LogP contribution in [0.15, 0.2) is 36.4 Å². The lowest BCUT2D eigenvalue weighted by Crippen LogP contribution is -1.90. The maximum Gasteiger partial charge on any atom is 0.108 e. The number of hydrogen-bond donors (Lipinski definition) is 0. The summed E-state index contributed by atoms with van der Waals surface area (Å²) in [7, 11) is 0. The van der Waals surface area contributed by atoms with Crippen LogP contribution < -0.4 is 0 Å². The lowest BCUT2D eigenvalue weighted by molar-refractivity contribution is 0.199. The van der Waals surface area contributed by atoms with Crippen molar-refractivity contribution in [2.24, 2.45) is 0 Å². The fourth-order valence-electron chi connectivity index (χ4n) is 1.53. The van der Waals surface area contributed by atoms with Crippen molar-refractivity contribution in [1.29, 1.82) is 0 Å². The Bertz CT molecular complexity index is 381. The number of rotatable bonds is 7. The van der Waals surface area contributed by atoms with Crippen LogP contribution in [0.3, 0.4) is 0 Å². The standard InChI is InChI=1S/C17H22O/c1-2-3-4-5-6-10-15-18-16-11-14-17-12-8-7-9-13-17/h7-9,11-14H,2-5,15-16H2,1H3/b14-11-. The molecule has 1 aromatic rings. The van der Waals surface area contributed by atoms with Gasteiger partial charge in [0.1, 0.15) is 6.61 Å². The fourth-order valence-corrected chi connectivity index (χ4v) is 1.53. The predicted molar refractivity (Wildman–Crippen MR) is 78.2 cm³/mol. The van der Waals surface area contributed by atoms with Gasteiger partial charge in [-0.3, -0.25) is 0 Å². The molecule has 0 bridgehead atoms. The average molecular weight is 242 g/mol. The normalized spacial score (nSPS) is 10.3. The minimum atomic E-state index is 0.533. The second kappa shape index (κ2) is 10.6. The molecule has 0 atom stereocenters. The third kappa shape index (κ3) is 7.70. The predicted octanol–water partition coefficient (Wildman–Crippen LogP) is 4.30. The van der Waals surface area contributed by atoms with Crippen LogP contribution >= 0.6 is 0 Å². The van der Waals surface area contributed by atoms with Crippen LogP contribution in [0.25, 0.3) is 6.08 Å². The minimum absolute atomic E-state index is 0.533. The zero-order valence-electron chi connectivity index (χ0n) is 11.2. The zero-order chi connectivity index (χ0) is 12.9. The van der Waals surface area contributed by atoms with Gasteiger partial charge in [0, 0.05) is 6.42 Å². The first-order valence-corrected chi connectivity index (χ1v) is 6.68. The number of unbranched alkanes of at least 4 members (excludes halogenated alkanes) is 3. The van der Waals surface area contributed by atoms with Gasteiger partial charge < -0.3 is 4.74 Å². The molecule has 1 rings (SSSR count). The van der Waals surface area contributed by atoms with Crippen molar-refractivity contribution in [3.05, 3.63) is 42.0 Å². The van der Waals surface area contributed by atoms with Crippen LogP contribution in [0.1, 0.15) is 38.2 Å². The summed E-state index contributed by atoms with van der Waals surface area (Å²) in [4.78, 5) is 0. The first-order valence-electron chi connectivity index (χ1n) is 6.68. The summed E-state index contributed by atoms with van der Waals surface area (Å²) in [6.07, 6.45) is 8.81. The van der Waals surface area contributed by atoms with E-state index >= 15 is 0 Å². The van der Waals surface area contributed by atoms with Crippen LogP contribution in [0, 0.1) is 11.8 Å². The van der Waals surface area contributed by atoms with E-state index in [0.717, 1.165) is 6.42 Å². The fraction of sp³-hybridized carbons (Fsp3) is 0.412. The van der Waals surface area contributed by atoms with Crippen LogP contribution in [-0.4, -0.2) is 13.2 Å². The molecular formula is C17H22O. The topological polar surface area (TPSA) is 9.23 Å². The molecule has 0 aliphatic heterocycles. The molecule has 1 nitrogen and oxygen atoms in total. The van der Waals surface area contributed by atoms with Crippen LogP contribution in [0.5, 0.6) is 0 Å². The van der Waals surface area contributed by atoms with Gasteiger partial charge in [-0.15, -0.1) is 5.92 Å². The largest absolute Gasteiger partial charge is 0.365 e. The Balaban J connectivity index is 2.03. The molecule has 0 spiro atoms. The molecule has 0 aliphatic rings. The number of ether oxygens (including phenoxy) is 1. The van der Waals surface area contributed by atoms with Gasteiger partial charge in [0.2, 0.25) is 0 Å². The first-order chi connectivity index (χ1) is 8.93. The number of benzene rings is 1. The van der Waals surface area contributed by atoms with E-state index in [1.807, 2.05) is 24.3 Å². The van der Waals surface area contributed by atoms with E-state index in [2.05, 4.69) is 37.0 Å². The lowest BCUT2D eigenvalue weighted by atomic mass is 10.2. The Labute approximate surface area is 111 Å². The summed E-state index contributed by atoms with van der Waals surface area (Å²) >= 11 is 0. The zero-order valence-corrected chi connectivity index (χ0v) is 11.2. The Kier molecular flexibility index (Phi) is 8.58. The second-order valence-corrected chi connectivity index (χ2v) is 4.14. The molecule has 1 heteroatoms. The molecule has 0 heterocycles. The van der Waals surface area contributed by atoms with Crippen LogP contribution in [0.4, 0.5) is 0 Å². The molecule has 1 aromatic carbocycles. The van der Waals surface area contributed by atoms with Gasteiger partial charge in [-0.05, 0) is 12.0 Å². The van der Waals surface area contributed by atoms with E-state index in [4.69, 9.17) is 4.74 Å². The van der Waals surface area contributed by atoms with Gasteiger partial charge in [-0.25, -0.2) is 0 Å². The monoisotopic (exact) mass is 242 g/mol.